The molecular weight excluding hydrogens is 581 g/mol. The van der Waals surface area contributed by atoms with Crippen molar-refractivity contribution in [3.8, 4) is 23.0 Å². The Morgan fingerprint density at radius 3 is 2.62 bits per heavy atom. The number of carbonyl (C=O) groups excluding carboxylic acids is 1. The number of carbonyl (C=O) groups is 1. The van der Waals surface area contributed by atoms with Gasteiger partial charge in [-0.25, -0.2) is 9.97 Å². The van der Waals surface area contributed by atoms with Crippen molar-refractivity contribution in [1.82, 2.24) is 39.5 Å². The molecule has 3 aromatic heterocycles. The van der Waals surface area contributed by atoms with Crippen molar-refractivity contribution in [2.75, 3.05) is 39.3 Å². The number of piperazine rings is 1. The molecule has 16 heteroatoms. The van der Waals surface area contributed by atoms with Gasteiger partial charge >= 0.3 is 12.1 Å². The molecule has 0 atom stereocenters. The zero-order chi connectivity index (χ0) is 29.5. The van der Waals surface area contributed by atoms with Gasteiger partial charge in [0.1, 0.15) is 36.7 Å². The van der Waals surface area contributed by atoms with E-state index in [-0.39, 0.29) is 31.8 Å². The first-order valence-corrected chi connectivity index (χ1v) is 13.6. The fraction of sp³-hybridized carbons (Fsp3) is 0.462. The topological polar surface area (TPSA) is 125 Å². The molecule has 1 amide bonds. The minimum atomic E-state index is -4.86. The zero-order valence-corrected chi connectivity index (χ0v) is 23.2. The minimum absolute atomic E-state index is 0.0137. The summed E-state index contributed by atoms with van der Waals surface area (Å²) in [6.07, 6.45) is -0.338. The third-order valence-electron chi connectivity index (χ3n) is 7.25. The van der Waals surface area contributed by atoms with Crippen molar-refractivity contribution in [2.45, 2.75) is 38.1 Å². The number of ether oxygens (including phenoxy) is 2. The van der Waals surface area contributed by atoms with E-state index in [0.717, 1.165) is 17.7 Å². The van der Waals surface area contributed by atoms with E-state index in [1.165, 1.54) is 12.7 Å². The average molecular weight is 607 g/mol. The van der Waals surface area contributed by atoms with E-state index in [2.05, 4.69) is 20.2 Å². The number of alkyl halides is 3. The van der Waals surface area contributed by atoms with E-state index in [1.54, 1.807) is 22.8 Å². The SMILES string of the molecule is CC1(Oc2ncnc3c2nc(-c2ccc(OCCN4CCN(C(=O)C(F)(F)F)CC4)cc2Cl)n3Cc2nnco2)CC1. The van der Waals surface area contributed by atoms with E-state index in [1.807, 2.05) is 11.8 Å². The number of rotatable bonds is 9. The Hall–Kier alpha value is -3.98. The van der Waals surface area contributed by atoms with Crippen LogP contribution in [-0.2, 0) is 11.3 Å². The highest BCUT2D eigenvalue weighted by Gasteiger charge is 2.43. The monoisotopic (exact) mass is 606 g/mol. The first kappa shape index (κ1) is 28.2. The van der Waals surface area contributed by atoms with Gasteiger partial charge in [0.05, 0.1) is 5.02 Å². The van der Waals surface area contributed by atoms with Crippen LogP contribution >= 0.6 is 11.6 Å². The largest absolute Gasteiger partial charge is 0.492 e. The maximum absolute atomic E-state index is 12.7. The Morgan fingerprint density at radius 2 is 1.95 bits per heavy atom. The Labute approximate surface area is 242 Å². The molecule has 1 aliphatic carbocycles. The number of benzene rings is 1. The maximum Gasteiger partial charge on any atom is 0.471 e. The molecule has 0 spiro atoms. The number of hydrogen-bond acceptors (Lipinski definition) is 10. The van der Waals surface area contributed by atoms with Gasteiger partial charge in [0.25, 0.3) is 0 Å². The Morgan fingerprint density at radius 1 is 1.17 bits per heavy atom. The summed E-state index contributed by atoms with van der Waals surface area (Å²) in [6, 6.07) is 5.20. The van der Waals surface area contributed by atoms with Crippen LogP contribution < -0.4 is 9.47 Å². The summed E-state index contributed by atoms with van der Waals surface area (Å²) in [5.41, 5.74) is 1.33. The maximum atomic E-state index is 12.7. The van der Waals surface area contributed by atoms with Crippen LogP contribution in [0.25, 0.3) is 22.6 Å². The van der Waals surface area contributed by atoms with Crippen LogP contribution in [0.3, 0.4) is 0 Å². The smallest absolute Gasteiger partial charge is 0.471 e. The van der Waals surface area contributed by atoms with Crippen LogP contribution in [0.5, 0.6) is 11.6 Å². The van der Waals surface area contributed by atoms with Gasteiger partial charge in [0.15, 0.2) is 11.2 Å². The number of halogens is 4. The molecule has 0 unspecified atom stereocenters. The summed E-state index contributed by atoms with van der Waals surface area (Å²) in [5, 5.41) is 8.12. The van der Waals surface area contributed by atoms with Crippen LogP contribution in [0.4, 0.5) is 13.2 Å². The van der Waals surface area contributed by atoms with Gasteiger partial charge in [0.2, 0.25) is 18.2 Å². The molecule has 2 fully saturated rings. The van der Waals surface area contributed by atoms with Crippen molar-refractivity contribution >= 4 is 28.7 Å². The van der Waals surface area contributed by atoms with E-state index >= 15 is 0 Å². The van der Waals surface area contributed by atoms with Crippen molar-refractivity contribution in [1.29, 1.82) is 0 Å². The molecule has 1 saturated heterocycles. The first-order valence-electron chi connectivity index (χ1n) is 13.3. The molecule has 0 radical (unpaired) electrons. The molecule has 0 N–H and O–H groups in total. The summed E-state index contributed by atoms with van der Waals surface area (Å²) in [4.78, 5) is 27.8. The highest BCUT2D eigenvalue weighted by molar-refractivity contribution is 6.33. The van der Waals surface area contributed by atoms with Crippen LogP contribution in [-0.4, -0.2) is 96.5 Å². The quantitative estimate of drug-likeness (QED) is 0.279. The summed E-state index contributed by atoms with van der Waals surface area (Å²) in [6.45, 7) is 3.66. The minimum Gasteiger partial charge on any atom is -0.492 e. The normalized spacial score (nSPS) is 17.0. The van der Waals surface area contributed by atoms with E-state index in [9.17, 15) is 18.0 Å². The van der Waals surface area contributed by atoms with E-state index in [4.69, 9.17) is 30.5 Å². The molecule has 4 aromatic rings. The summed E-state index contributed by atoms with van der Waals surface area (Å²) in [5.74, 6) is -0.0561. The second-order valence-electron chi connectivity index (χ2n) is 10.4. The molecular formula is C26H26ClF3N8O4. The molecule has 12 nitrogen and oxygen atoms in total. The Balaban J connectivity index is 1.16. The predicted octanol–water partition coefficient (Wildman–Crippen LogP) is 3.59. The Kier molecular flexibility index (Phi) is 7.39. The van der Waals surface area contributed by atoms with Gasteiger partial charge in [-0.1, -0.05) is 11.6 Å². The molecule has 0 bridgehead atoms. The average Bonchev–Trinajstić information content (AvgIpc) is 3.31. The van der Waals surface area contributed by atoms with Crippen LogP contribution in [0.2, 0.25) is 5.02 Å². The third kappa shape index (κ3) is 5.97. The molecule has 1 aliphatic heterocycles. The fourth-order valence-corrected chi connectivity index (χ4v) is 4.93. The van der Waals surface area contributed by atoms with Crippen molar-refractivity contribution in [3.63, 3.8) is 0 Å². The van der Waals surface area contributed by atoms with Crippen LogP contribution in [0.1, 0.15) is 25.7 Å². The number of amides is 1. The molecule has 6 rings (SSSR count). The van der Waals surface area contributed by atoms with Crippen LogP contribution in [0, 0.1) is 0 Å². The number of fused-ring (bicyclic) bond motifs is 1. The summed E-state index contributed by atoms with van der Waals surface area (Å²) < 4.78 is 57.2. The van der Waals surface area contributed by atoms with Crippen molar-refractivity contribution in [2.24, 2.45) is 0 Å². The number of nitrogens with zero attached hydrogens (tertiary/aromatic N) is 8. The fourth-order valence-electron chi connectivity index (χ4n) is 4.67. The second-order valence-corrected chi connectivity index (χ2v) is 10.8. The molecule has 4 heterocycles. The summed E-state index contributed by atoms with van der Waals surface area (Å²) in [7, 11) is 0. The second kappa shape index (κ2) is 11.0. The van der Waals surface area contributed by atoms with Gasteiger partial charge in [0, 0.05) is 38.3 Å². The molecule has 1 aromatic carbocycles. The van der Waals surface area contributed by atoms with Gasteiger partial charge in [-0.2, -0.15) is 18.2 Å². The van der Waals surface area contributed by atoms with Crippen LogP contribution in [0.15, 0.2) is 35.3 Å². The first-order chi connectivity index (χ1) is 20.1. The molecule has 1 saturated carbocycles. The lowest BCUT2D eigenvalue weighted by atomic mass is 10.2. The molecule has 2 aliphatic rings. The lowest BCUT2D eigenvalue weighted by Gasteiger charge is -2.34. The van der Waals surface area contributed by atoms with Gasteiger partial charge in [-0.05, 0) is 38.0 Å². The van der Waals surface area contributed by atoms with E-state index < -0.39 is 12.1 Å². The highest BCUT2D eigenvalue weighted by Crippen LogP contribution is 2.41. The van der Waals surface area contributed by atoms with Crippen molar-refractivity contribution < 1.29 is 31.9 Å². The van der Waals surface area contributed by atoms with Gasteiger partial charge < -0.3 is 18.8 Å². The lowest BCUT2D eigenvalue weighted by Crippen LogP contribution is -2.52. The van der Waals surface area contributed by atoms with Gasteiger partial charge in [-0.15, -0.1) is 10.2 Å². The van der Waals surface area contributed by atoms with E-state index in [0.29, 0.717) is 64.7 Å². The molecule has 222 valence electrons. The third-order valence-corrected chi connectivity index (χ3v) is 7.57. The standard InChI is InChI=1S/C26H26ClF3N8O4/c1-25(4-5-25)42-23-20-22(31-14-32-23)38(13-19-35-33-15-41-19)21(34-20)17-3-2-16(12-18(17)27)40-11-10-36-6-8-37(9-7-36)24(39)26(28,29)30/h2-3,12,14-15H,4-11,13H2,1H3. The zero-order valence-electron chi connectivity index (χ0n) is 22.5. The number of hydrogen-bond donors (Lipinski definition) is 0. The lowest BCUT2D eigenvalue weighted by molar-refractivity contribution is -0.187. The highest BCUT2D eigenvalue weighted by atomic mass is 35.5. The molecule has 42 heavy (non-hydrogen) atoms. The summed E-state index contributed by atoms with van der Waals surface area (Å²) >= 11 is 6.72. The predicted molar refractivity (Wildman–Crippen MR) is 142 cm³/mol. The van der Waals surface area contributed by atoms with Crippen molar-refractivity contribution in [3.05, 3.63) is 41.8 Å². The number of imidazole rings is 1. The Bertz CT molecular complexity index is 1580. The van der Waals surface area contributed by atoms with Gasteiger partial charge in [-0.3, -0.25) is 14.3 Å². The number of aromatic nitrogens is 6.